The Bertz CT molecular complexity index is 691. The molecule has 0 aliphatic heterocycles. The van der Waals surface area contributed by atoms with Crippen molar-refractivity contribution in [3.8, 4) is 0 Å². The van der Waals surface area contributed by atoms with E-state index in [-0.39, 0.29) is 24.1 Å². The van der Waals surface area contributed by atoms with Crippen molar-refractivity contribution in [3.63, 3.8) is 0 Å². The highest BCUT2D eigenvalue weighted by molar-refractivity contribution is 7.85. The molecule has 1 aromatic rings. The Morgan fingerprint density at radius 2 is 1.73 bits per heavy atom. The van der Waals surface area contributed by atoms with Crippen LogP contribution in [0.2, 0.25) is 0 Å². The number of nitrogens with one attached hydrogen (secondary N) is 2. The molecule has 0 aliphatic carbocycles. The van der Waals surface area contributed by atoms with E-state index >= 15 is 0 Å². The summed E-state index contributed by atoms with van der Waals surface area (Å²) < 4.78 is 30.4. The topological polar surface area (TPSA) is 95.5 Å². The Labute approximate surface area is 157 Å². The Morgan fingerprint density at radius 3 is 2.23 bits per heavy atom. The highest BCUT2D eigenvalue weighted by atomic mass is 32.2. The molecule has 1 atom stereocenters. The molecular formula is C19H32N2O4S. The monoisotopic (exact) mass is 384 g/mol. The van der Waals surface area contributed by atoms with Crippen molar-refractivity contribution in [1.29, 1.82) is 0 Å². The number of hydrogen-bond donors (Lipinski definition) is 3. The fraction of sp³-hybridized carbons (Fsp3) is 0.632. The molecule has 0 unspecified atom stereocenters. The summed E-state index contributed by atoms with van der Waals surface area (Å²) in [6.07, 6.45) is 1.64. The van der Waals surface area contributed by atoms with Gasteiger partial charge in [0.2, 0.25) is 5.91 Å². The molecule has 0 aliphatic rings. The SMILES string of the molecule is Cc1cc(C)c(CC[C@@H](NCCCS(=O)(=O)O)C(=O)NC(C)C)c(C)c1. The van der Waals surface area contributed by atoms with Crippen LogP contribution in [0, 0.1) is 20.8 Å². The van der Waals surface area contributed by atoms with Crippen LogP contribution in [0.3, 0.4) is 0 Å². The van der Waals surface area contributed by atoms with Crippen LogP contribution in [-0.2, 0) is 21.3 Å². The van der Waals surface area contributed by atoms with Gasteiger partial charge in [0.1, 0.15) is 0 Å². The molecule has 0 saturated carbocycles. The summed E-state index contributed by atoms with van der Waals surface area (Å²) in [6.45, 7) is 10.4. The van der Waals surface area contributed by atoms with Gasteiger partial charge in [-0.1, -0.05) is 17.7 Å². The van der Waals surface area contributed by atoms with E-state index in [0.717, 1.165) is 6.42 Å². The molecule has 0 heterocycles. The van der Waals surface area contributed by atoms with Crippen molar-refractivity contribution in [3.05, 3.63) is 34.4 Å². The van der Waals surface area contributed by atoms with E-state index in [1.165, 1.54) is 22.3 Å². The van der Waals surface area contributed by atoms with Gasteiger partial charge in [-0.25, -0.2) is 0 Å². The van der Waals surface area contributed by atoms with Crippen LogP contribution in [-0.4, -0.2) is 43.3 Å². The predicted octanol–water partition coefficient (Wildman–Crippen LogP) is 2.31. The first-order valence-electron chi connectivity index (χ1n) is 9.05. The molecule has 1 rings (SSSR count). The molecule has 0 radical (unpaired) electrons. The van der Waals surface area contributed by atoms with E-state index in [9.17, 15) is 13.2 Å². The molecule has 6 nitrogen and oxygen atoms in total. The van der Waals surface area contributed by atoms with Gasteiger partial charge in [0, 0.05) is 6.04 Å². The Kier molecular flexibility index (Phi) is 8.73. The van der Waals surface area contributed by atoms with Crippen molar-refractivity contribution in [2.75, 3.05) is 12.3 Å². The Hall–Kier alpha value is -1.44. The van der Waals surface area contributed by atoms with Crippen LogP contribution in [0.4, 0.5) is 0 Å². The third kappa shape index (κ3) is 8.29. The minimum absolute atomic E-state index is 0.0347. The lowest BCUT2D eigenvalue weighted by Gasteiger charge is -2.21. The number of hydrogen-bond acceptors (Lipinski definition) is 4. The zero-order chi connectivity index (χ0) is 19.9. The maximum Gasteiger partial charge on any atom is 0.264 e. The lowest BCUT2D eigenvalue weighted by Crippen LogP contribution is -2.47. The van der Waals surface area contributed by atoms with Crippen LogP contribution in [0.25, 0.3) is 0 Å². The number of amides is 1. The third-order valence-electron chi connectivity index (χ3n) is 4.24. The third-order valence-corrected chi connectivity index (χ3v) is 5.05. The fourth-order valence-corrected chi connectivity index (χ4v) is 3.64. The molecular weight excluding hydrogens is 352 g/mol. The van der Waals surface area contributed by atoms with Gasteiger partial charge < -0.3 is 10.6 Å². The van der Waals surface area contributed by atoms with Crippen LogP contribution in [0.15, 0.2) is 12.1 Å². The van der Waals surface area contributed by atoms with E-state index in [1.807, 2.05) is 13.8 Å². The number of aryl methyl sites for hydroxylation is 3. The summed E-state index contributed by atoms with van der Waals surface area (Å²) in [6, 6.07) is 3.92. The average Bonchev–Trinajstić information content (AvgIpc) is 2.46. The highest BCUT2D eigenvalue weighted by Gasteiger charge is 2.19. The van der Waals surface area contributed by atoms with Crippen LogP contribution in [0.5, 0.6) is 0 Å². The first-order chi connectivity index (χ1) is 12.0. The van der Waals surface area contributed by atoms with Gasteiger partial charge >= 0.3 is 0 Å². The standard InChI is InChI=1S/C19H32N2O4S/c1-13(2)21-19(22)18(20-9-6-10-26(23,24)25)8-7-17-15(4)11-14(3)12-16(17)5/h11-13,18,20H,6-10H2,1-5H3,(H,21,22)(H,23,24,25)/t18-/m1/s1. The van der Waals surface area contributed by atoms with E-state index < -0.39 is 16.2 Å². The van der Waals surface area contributed by atoms with Crippen LogP contribution in [0.1, 0.15) is 48.9 Å². The summed E-state index contributed by atoms with van der Waals surface area (Å²) in [7, 11) is -3.97. The molecule has 148 valence electrons. The molecule has 0 spiro atoms. The van der Waals surface area contributed by atoms with Crippen molar-refractivity contribution in [2.24, 2.45) is 0 Å². The van der Waals surface area contributed by atoms with Crippen LogP contribution < -0.4 is 10.6 Å². The molecule has 0 bridgehead atoms. The maximum atomic E-state index is 12.4. The number of carbonyl (C=O) groups excluding carboxylic acids is 1. The number of carbonyl (C=O) groups is 1. The summed E-state index contributed by atoms with van der Waals surface area (Å²) in [5.41, 5.74) is 4.91. The maximum absolute atomic E-state index is 12.4. The normalized spacial score (nSPS) is 13.0. The van der Waals surface area contributed by atoms with Gasteiger partial charge in [0.15, 0.2) is 0 Å². The van der Waals surface area contributed by atoms with Gasteiger partial charge in [-0.3, -0.25) is 9.35 Å². The molecule has 0 aromatic heterocycles. The molecule has 1 aromatic carbocycles. The van der Waals surface area contributed by atoms with E-state index in [0.29, 0.717) is 13.0 Å². The van der Waals surface area contributed by atoms with E-state index in [1.54, 1.807) is 0 Å². The minimum atomic E-state index is -3.97. The molecule has 26 heavy (non-hydrogen) atoms. The molecule has 0 saturated heterocycles. The van der Waals surface area contributed by atoms with Gasteiger partial charge in [0.25, 0.3) is 10.1 Å². The lowest BCUT2D eigenvalue weighted by atomic mass is 9.94. The Morgan fingerprint density at radius 1 is 1.15 bits per heavy atom. The van der Waals surface area contributed by atoms with Gasteiger partial charge in [-0.2, -0.15) is 8.42 Å². The van der Waals surface area contributed by atoms with Gasteiger partial charge in [-0.15, -0.1) is 0 Å². The lowest BCUT2D eigenvalue weighted by molar-refractivity contribution is -0.123. The predicted molar refractivity (Wildman–Crippen MR) is 105 cm³/mol. The van der Waals surface area contributed by atoms with E-state index in [2.05, 4.69) is 43.5 Å². The second-order valence-electron chi connectivity index (χ2n) is 7.23. The Balaban J connectivity index is 2.74. The first-order valence-corrected chi connectivity index (χ1v) is 10.7. The summed E-state index contributed by atoms with van der Waals surface area (Å²) in [5, 5.41) is 6.04. The van der Waals surface area contributed by atoms with Gasteiger partial charge in [0.05, 0.1) is 11.8 Å². The zero-order valence-corrected chi connectivity index (χ0v) is 17.2. The highest BCUT2D eigenvalue weighted by Crippen LogP contribution is 2.18. The van der Waals surface area contributed by atoms with E-state index in [4.69, 9.17) is 4.55 Å². The average molecular weight is 385 g/mol. The van der Waals surface area contributed by atoms with Gasteiger partial charge in [-0.05, 0) is 77.1 Å². The molecule has 0 fully saturated rings. The smallest absolute Gasteiger partial charge is 0.264 e. The fourth-order valence-electron chi connectivity index (χ4n) is 3.13. The first kappa shape index (κ1) is 22.6. The number of rotatable bonds is 10. The van der Waals surface area contributed by atoms with Crippen molar-refractivity contribution >= 4 is 16.0 Å². The largest absolute Gasteiger partial charge is 0.353 e. The summed E-state index contributed by atoms with van der Waals surface area (Å²) >= 11 is 0. The van der Waals surface area contributed by atoms with Crippen molar-refractivity contribution in [1.82, 2.24) is 10.6 Å². The summed E-state index contributed by atoms with van der Waals surface area (Å²) in [4.78, 5) is 12.4. The summed E-state index contributed by atoms with van der Waals surface area (Å²) in [5.74, 6) is -0.399. The minimum Gasteiger partial charge on any atom is -0.353 e. The van der Waals surface area contributed by atoms with Crippen LogP contribution >= 0.6 is 0 Å². The second-order valence-corrected chi connectivity index (χ2v) is 8.80. The van der Waals surface area contributed by atoms with Crippen molar-refractivity contribution in [2.45, 2.75) is 66.0 Å². The molecule has 1 amide bonds. The zero-order valence-electron chi connectivity index (χ0n) is 16.4. The molecule has 3 N–H and O–H groups in total. The second kappa shape index (κ2) is 10.0. The quantitative estimate of drug-likeness (QED) is 0.425. The van der Waals surface area contributed by atoms with Crippen molar-refractivity contribution < 1.29 is 17.8 Å². The number of benzene rings is 1. The molecule has 7 heteroatoms.